The largest absolute Gasteiger partial charge is 0.493 e. The third-order valence-electron chi connectivity index (χ3n) is 8.94. The fourth-order valence-electron chi connectivity index (χ4n) is 6.79. The molecule has 11 heteroatoms. The molecule has 0 radical (unpaired) electrons. The highest BCUT2D eigenvalue weighted by Gasteiger charge is 2.48. The number of hydrogen-bond acceptors (Lipinski definition) is 8. The lowest BCUT2D eigenvalue weighted by atomic mass is 9.84. The number of methoxy groups -OCH3 is 1. The fraction of sp³-hybridized carbons (Fsp3) is 0.719. The van der Waals surface area contributed by atoms with E-state index in [4.69, 9.17) is 14.2 Å². The molecule has 4 rings (SSSR count). The number of benzene rings is 1. The second kappa shape index (κ2) is 14.2. The van der Waals surface area contributed by atoms with Gasteiger partial charge in [-0.2, -0.15) is 0 Å². The molecule has 2 amide bonds. The molecule has 3 aliphatic heterocycles. The van der Waals surface area contributed by atoms with Gasteiger partial charge in [-0.15, -0.1) is 0 Å². The Morgan fingerprint density at radius 2 is 1.88 bits per heavy atom. The minimum atomic E-state index is -0.913. The summed E-state index contributed by atoms with van der Waals surface area (Å²) in [7, 11) is 5.60. The van der Waals surface area contributed by atoms with Crippen LogP contribution in [-0.2, 0) is 14.4 Å². The average Bonchev–Trinajstić information content (AvgIpc) is 3.63. The van der Waals surface area contributed by atoms with Crippen LogP contribution in [0.5, 0.6) is 17.2 Å². The summed E-state index contributed by atoms with van der Waals surface area (Å²) < 4.78 is 16.8. The van der Waals surface area contributed by atoms with Crippen molar-refractivity contribution in [3.8, 4) is 17.2 Å². The molecule has 240 valence electrons. The van der Waals surface area contributed by atoms with Gasteiger partial charge in [0.25, 0.3) is 0 Å². The topological polar surface area (TPSA) is 112 Å². The number of rotatable bonds is 15. The lowest BCUT2D eigenvalue weighted by Gasteiger charge is -2.31. The van der Waals surface area contributed by atoms with Crippen LogP contribution in [0.1, 0.15) is 64.4 Å². The van der Waals surface area contributed by atoms with Crippen molar-refractivity contribution in [3.63, 3.8) is 0 Å². The van der Waals surface area contributed by atoms with Crippen molar-refractivity contribution in [2.45, 2.75) is 64.8 Å². The van der Waals surface area contributed by atoms with Crippen LogP contribution >= 0.6 is 0 Å². The molecule has 3 atom stereocenters. The lowest BCUT2D eigenvalue weighted by Crippen LogP contribution is -2.46. The summed E-state index contributed by atoms with van der Waals surface area (Å²) in [5.74, 6) is -0.436. The second-order valence-electron chi connectivity index (χ2n) is 13.3. The highest BCUT2D eigenvalue weighted by Crippen LogP contribution is 2.47. The Labute approximate surface area is 256 Å². The first-order valence-electron chi connectivity index (χ1n) is 15.6. The molecule has 0 unspecified atom stereocenters. The average molecular weight is 603 g/mol. The minimum absolute atomic E-state index is 0.0173. The molecule has 0 aliphatic carbocycles. The molecule has 43 heavy (non-hydrogen) atoms. The van der Waals surface area contributed by atoms with Crippen molar-refractivity contribution in [3.05, 3.63) is 17.7 Å². The molecular formula is C32H50N4O7. The zero-order chi connectivity index (χ0) is 31.3. The minimum Gasteiger partial charge on any atom is -0.493 e. The van der Waals surface area contributed by atoms with Gasteiger partial charge in [-0.3, -0.25) is 19.3 Å². The molecule has 0 spiro atoms. The number of carbonyl (C=O) groups is 3. The number of carbonyl (C=O) groups excluding carboxylic acids is 2. The third kappa shape index (κ3) is 7.92. The molecule has 0 saturated carbocycles. The normalized spacial score (nSPS) is 22.9. The van der Waals surface area contributed by atoms with Gasteiger partial charge in [-0.1, -0.05) is 27.2 Å². The number of unbranched alkanes of at least 4 members (excludes halogenated alkanes) is 1. The highest BCUT2D eigenvalue weighted by atomic mass is 16.7. The number of hydrogen-bond donors (Lipinski definition) is 1. The number of carboxylic acid groups (broad SMARTS) is 1. The van der Waals surface area contributed by atoms with E-state index >= 15 is 0 Å². The van der Waals surface area contributed by atoms with Crippen LogP contribution < -0.4 is 14.2 Å². The van der Waals surface area contributed by atoms with Gasteiger partial charge < -0.3 is 34.0 Å². The standard InChI is InChI=1S/C32H50N4O7/c1-7-8-12-34(13-9-11-33(4)5)28(38)19-36-18-23(22-15-25(41-6)30-26(16-22)42-21-43-30)29(31(39)40)24(36)10-14-35-20-32(2,3)17-27(35)37/h15-16,23-24,29H,7-14,17-21H2,1-6H3,(H,39,40)/t23-,24+,29-/m1/s1. The van der Waals surface area contributed by atoms with Gasteiger partial charge >= 0.3 is 5.97 Å². The maximum Gasteiger partial charge on any atom is 0.308 e. The predicted octanol–water partition coefficient (Wildman–Crippen LogP) is 3.12. The van der Waals surface area contributed by atoms with E-state index in [0.717, 1.165) is 31.4 Å². The van der Waals surface area contributed by atoms with Crippen LogP contribution in [0.2, 0.25) is 0 Å². The first-order valence-corrected chi connectivity index (χ1v) is 15.6. The van der Waals surface area contributed by atoms with Crippen molar-refractivity contribution < 1.29 is 33.7 Å². The van der Waals surface area contributed by atoms with Crippen LogP contribution in [0, 0.1) is 11.3 Å². The van der Waals surface area contributed by atoms with E-state index < -0.39 is 23.8 Å². The number of fused-ring (bicyclic) bond motifs is 1. The highest BCUT2D eigenvalue weighted by molar-refractivity contribution is 5.80. The van der Waals surface area contributed by atoms with Gasteiger partial charge in [-0.05, 0) is 63.0 Å². The maximum absolute atomic E-state index is 13.8. The van der Waals surface area contributed by atoms with Crippen LogP contribution in [0.15, 0.2) is 12.1 Å². The summed E-state index contributed by atoms with van der Waals surface area (Å²) in [4.78, 5) is 47.5. The van der Waals surface area contributed by atoms with Gasteiger partial charge in [0.05, 0.1) is 19.6 Å². The van der Waals surface area contributed by atoms with E-state index in [2.05, 4.69) is 25.7 Å². The number of amides is 2. The summed E-state index contributed by atoms with van der Waals surface area (Å²) in [5.41, 5.74) is 0.674. The van der Waals surface area contributed by atoms with E-state index in [1.54, 1.807) is 7.11 Å². The van der Waals surface area contributed by atoms with Crippen LogP contribution in [0.4, 0.5) is 0 Å². The van der Waals surface area contributed by atoms with Gasteiger partial charge in [-0.25, -0.2) is 0 Å². The molecule has 3 heterocycles. The van der Waals surface area contributed by atoms with Crippen molar-refractivity contribution in [2.75, 3.05) is 73.8 Å². The Bertz CT molecular complexity index is 1160. The lowest BCUT2D eigenvalue weighted by molar-refractivity contribution is -0.144. The number of carboxylic acids is 1. The van der Waals surface area contributed by atoms with Crippen LogP contribution in [0.3, 0.4) is 0 Å². The third-order valence-corrected chi connectivity index (χ3v) is 8.94. The predicted molar refractivity (Wildman–Crippen MR) is 163 cm³/mol. The summed E-state index contributed by atoms with van der Waals surface area (Å²) >= 11 is 0. The second-order valence-corrected chi connectivity index (χ2v) is 13.3. The van der Waals surface area contributed by atoms with Gasteiger partial charge in [0.1, 0.15) is 0 Å². The number of aliphatic carboxylic acids is 1. The first-order chi connectivity index (χ1) is 20.4. The van der Waals surface area contributed by atoms with Gasteiger partial charge in [0.15, 0.2) is 11.5 Å². The van der Waals surface area contributed by atoms with Crippen molar-refractivity contribution in [1.29, 1.82) is 0 Å². The molecule has 1 aromatic carbocycles. The Balaban J connectivity index is 1.61. The van der Waals surface area contributed by atoms with Crippen molar-refractivity contribution in [2.24, 2.45) is 11.3 Å². The van der Waals surface area contributed by atoms with E-state index in [0.29, 0.717) is 62.8 Å². The summed E-state index contributed by atoms with van der Waals surface area (Å²) in [5, 5.41) is 10.6. The molecule has 1 N–H and O–H groups in total. The Morgan fingerprint density at radius 3 is 2.51 bits per heavy atom. The van der Waals surface area contributed by atoms with Crippen LogP contribution in [0.25, 0.3) is 0 Å². The van der Waals surface area contributed by atoms with E-state index in [-0.39, 0.29) is 30.6 Å². The molecule has 3 aliphatic rings. The van der Waals surface area contributed by atoms with Crippen LogP contribution in [-0.4, -0.2) is 122 Å². The number of ether oxygens (including phenoxy) is 3. The molecule has 0 aromatic heterocycles. The van der Waals surface area contributed by atoms with Gasteiger partial charge in [0, 0.05) is 51.1 Å². The van der Waals surface area contributed by atoms with E-state index in [1.807, 2.05) is 40.9 Å². The molecule has 11 nitrogen and oxygen atoms in total. The van der Waals surface area contributed by atoms with E-state index in [9.17, 15) is 19.5 Å². The molecule has 0 bridgehead atoms. The Morgan fingerprint density at radius 1 is 1.14 bits per heavy atom. The molecular weight excluding hydrogens is 552 g/mol. The smallest absolute Gasteiger partial charge is 0.308 e. The Hall–Kier alpha value is -3.05. The molecule has 2 fully saturated rings. The van der Waals surface area contributed by atoms with Crippen molar-refractivity contribution >= 4 is 17.8 Å². The first kappa shape index (κ1) is 32.9. The zero-order valence-corrected chi connectivity index (χ0v) is 26.8. The molecule has 1 aromatic rings. The maximum atomic E-state index is 13.8. The van der Waals surface area contributed by atoms with Crippen molar-refractivity contribution in [1.82, 2.24) is 19.6 Å². The SMILES string of the molecule is CCCCN(CCCN(C)C)C(=O)CN1C[C@H](c2cc(OC)c3c(c2)OCO3)[C@@H](C(=O)O)[C@@H]1CCN1CC(C)(C)CC1=O. The van der Waals surface area contributed by atoms with E-state index in [1.165, 1.54) is 0 Å². The number of nitrogens with zero attached hydrogens (tertiary/aromatic N) is 4. The molecule has 2 saturated heterocycles. The summed E-state index contributed by atoms with van der Waals surface area (Å²) in [6.45, 7) is 10.2. The summed E-state index contributed by atoms with van der Waals surface area (Å²) in [6.07, 6.45) is 3.73. The quantitative estimate of drug-likeness (QED) is 0.324. The zero-order valence-electron chi connectivity index (χ0n) is 26.8. The Kier molecular flexibility index (Phi) is 10.8. The fourth-order valence-corrected chi connectivity index (χ4v) is 6.79. The monoisotopic (exact) mass is 602 g/mol. The van der Waals surface area contributed by atoms with Gasteiger partial charge in [0.2, 0.25) is 24.4 Å². The number of likely N-dealkylation sites (tertiary alicyclic amines) is 2. The summed E-state index contributed by atoms with van der Waals surface area (Å²) in [6, 6.07) is 3.25.